The van der Waals surface area contributed by atoms with Gasteiger partial charge in [-0.25, -0.2) is 4.39 Å². The number of halogens is 2. The first-order valence-corrected chi connectivity index (χ1v) is 5.14. The molecule has 0 heterocycles. The molecule has 0 saturated carbocycles. The molecule has 0 bridgehead atoms. The highest BCUT2D eigenvalue weighted by molar-refractivity contribution is 6.30. The van der Waals surface area contributed by atoms with Gasteiger partial charge >= 0.3 is 0 Å². The number of rotatable bonds is 3. The highest BCUT2D eigenvalue weighted by Crippen LogP contribution is 2.29. The highest BCUT2D eigenvalue weighted by Gasteiger charge is 2.18. The summed E-state index contributed by atoms with van der Waals surface area (Å²) in [5.41, 5.74) is 1.92. The van der Waals surface area contributed by atoms with Gasteiger partial charge in [-0.05, 0) is 38.1 Å². The summed E-state index contributed by atoms with van der Waals surface area (Å²) in [4.78, 5) is 0. The Morgan fingerprint density at radius 3 is 2.67 bits per heavy atom. The molecule has 1 rings (SSSR count). The van der Waals surface area contributed by atoms with E-state index in [9.17, 15) is 9.50 Å². The lowest BCUT2D eigenvalue weighted by atomic mass is 9.98. The molecule has 0 aliphatic heterocycles. The van der Waals surface area contributed by atoms with E-state index in [-0.39, 0.29) is 10.6 Å². The third-order valence-corrected chi connectivity index (χ3v) is 2.79. The van der Waals surface area contributed by atoms with Crippen molar-refractivity contribution in [3.05, 3.63) is 33.6 Å². The summed E-state index contributed by atoms with van der Waals surface area (Å²) in [6.07, 6.45) is -0.868. The number of benzene rings is 1. The summed E-state index contributed by atoms with van der Waals surface area (Å²) < 4.78 is 13.7. The van der Waals surface area contributed by atoms with E-state index in [2.05, 4.69) is 5.32 Å². The average molecular weight is 232 g/mol. The fraction of sp³-hybridized carbons (Fsp3) is 0.455. The van der Waals surface area contributed by atoms with Crippen LogP contribution in [0.3, 0.4) is 0 Å². The van der Waals surface area contributed by atoms with Crippen LogP contribution in [0.2, 0.25) is 5.02 Å². The summed E-state index contributed by atoms with van der Waals surface area (Å²) in [6.45, 7) is 3.93. The van der Waals surface area contributed by atoms with Gasteiger partial charge in [0.15, 0.2) is 0 Å². The molecule has 84 valence electrons. The van der Waals surface area contributed by atoms with Gasteiger partial charge in [-0.15, -0.1) is 0 Å². The van der Waals surface area contributed by atoms with Crippen LogP contribution in [0, 0.1) is 19.7 Å². The maximum absolute atomic E-state index is 13.7. The average Bonchev–Trinajstić information content (AvgIpc) is 2.16. The molecule has 4 heteroatoms. The molecule has 0 aromatic heterocycles. The zero-order chi connectivity index (χ0) is 11.6. The second-order valence-electron chi connectivity index (χ2n) is 3.60. The van der Waals surface area contributed by atoms with Crippen molar-refractivity contribution < 1.29 is 9.50 Å². The van der Waals surface area contributed by atoms with Gasteiger partial charge < -0.3 is 10.4 Å². The third-order valence-electron chi connectivity index (χ3n) is 2.52. The Balaban J connectivity index is 3.26. The van der Waals surface area contributed by atoms with E-state index >= 15 is 0 Å². The van der Waals surface area contributed by atoms with Gasteiger partial charge in [-0.2, -0.15) is 0 Å². The van der Waals surface area contributed by atoms with Crippen LogP contribution >= 0.6 is 11.6 Å². The van der Waals surface area contributed by atoms with Crippen molar-refractivity contribution in [1.82, 2.24) is 5.32 Å². The molecule has 1 aromatic rings. The van der Waals surface area contributed by atoms with E-state index in [1.807, 2.05) is 6.92 Å². The lowest BCUT2D eigenvalue weighted by Gasteiger charge is -2.16. The minimum atomic E-state index is -0.868. The van der Waals surface area contributed by atoms with Crippen LogP contribution in [-0.2, 0) is 0 Å². The largest absolute Gasteiger partial charge is 0.387 e. The van der Waals surface area contributed by atoms with Crippen LogP contribution in [0.5, 0.6) is 0 Å². The number of nitrogens with one attached hydrogen (secondary N) is 1. The lowest BCUT2D eigenvalue weighted by molar-refractivity contribution is 0.172. The Bertz CT molecular complexity index is 342. The molecule has 0 fully saturated rings. The molecule has 1 unspecified atom stereocenters. The quantitative estimate of drug-likeness (QED) is 0.837. The zero-order valence-electron chi connectivity index (χ0n) is 9.06. The summed E-state index contributed by atoms with van der Waals surface area (Å²) >= 11 is 5.73. The van der Waals surface area contributed by atoms with Crippen molar-refractivity contribution in [2.45, 2.75) is 20.0 Å². The standard InChI is InChI=1S/C11H15ClFNO/c1-6-4-8(12)11(13)10(7(6)2)9(15)5-14-3/h4,9,14-15H,5H2,1-3H3. The van der Waals surface area contributed by atoms with Gasteiger partial charge in [-0.1, -0.05) is 11.6 Å². The molecule has 1 aromatic carbocycles. The van der Waals surface area contributed by atoms with Crippen molar-refractivity contribution >= 4 is 11.6 Å². The van der Waals surface area contributed by atoms with Crippen molar-refractivity contribution in [3.63, 3.8) is 0 Å². The van der Waals surface area contributed by atoms with E-state index in [4.69, 9.17) is 11.6 Å². The monoisotopic (exact) mass is 231 g/mol. The maximum atomic E-state index is 13.7. The second-order valence-corrected chi connectivity index (χ2v) is 4.01. The smallest absolute Gasteiger partial charge is 0.147 e. The van der Waals surface area contributed by atoms with E-state index < -0.39 is 11.9 Å². The maximum Gasteiger partial charge on any atom is 0.147 e. The Kier molecular flexibility index (Phi) is 4.08. The molecule has 1 atom stereocenters. The minimum absolute atomic E-state index is 0.0586. The van der Waals surface area contributed by atoms with Crippen LogP contribution < -0.4 is 5.32 Å². The van der Waals surface area contributed by atoms with Gasteiger partial charge in [0.25, 0.3) is 0 Å². The molecule has 2 nitrogen and oxygen atoms in total. The predicted octanol–water partition coefficient (Wildman–Crippen LogP) is 2.35. The first-order valence-electron chi connectivity index (χ1n) is 4.76. The molecule has 15 heavy (non-hydrogen) atoms. The molecule has 2 N–H and O–H groups in total. The van der Waals surface area contributed by atoms with Crippen molar-refractivity contribution in [2.75, 3.05) is 13.6 Å². The Morgan fingerprint density at radius 1 is 1.53 bits per heavy atom. The lowest BCUT2D eigenvalue weighted by Crippen LogP contribution is -2.19. The predicted molar refractivity (Wildman–Crippen MR) is 59.8 cm³/mol. The van der Waals surface area contributed by atoms with E-state index in [0.717, 1.165) is 11.1 Å². The Labute approximate surface area is 94.1 Å². The molecular formula is C11H15ClFNO. The highest BCUT2D eigenvalue weighted by atomic mass is 35.5. The second kappa shape index (κ2) is 4.92. The first-order chi connectivity index (χ1) is 6.99. The topological polar surface area (TPSA) is 32.3 Å². The van der Waals surface area contributed by atoms with Gasteiger partial charge in [0, 0.05) is 12.1 Å². The summed E-state index contributed by atoms with van der Waals surface area (Å²) in [5.74, 6) is -0.525. The van der Waals surface area contributed by atoms with Gasteiger partial charge in [0.1, 0.15) is 5.82 Å². The number of hydrogen-bond donors (Lipinski definition) is 2. The number of aryl methyl sites for hydroxylation is 1. The SMILES string of the molecule is CNCC(O)c1c(C)c(C)cc(Cl)c1F. The number of likely N-dealkylation sites (N-methyl/N-ethyl adjacent to an activating group) is 1. The number of aliphatic hydroxyl groups excluding tert-OH is 1. The van der Waals surface area contributed by atoms with Gasteiger partial charge in [0.05, 0.1) is 11.1 Å². The molecule has 0 aliphatic rings. The summed E-state index contributed by atoms with van der Waals surface area (Å²) in [6, 6.07) is 1.57. The molecular weight excluding hydrogens is 217 g/mol. The van der Waals surface area contributed by atoms with E-state index in [1.165, 1.54) is 0 Å². The number of aliphatic hydroxyl groups is 1. The van der Waals surface area contributed by atoms with Gasteiger partial charge in [-0.3, -0.25) is 0 Å². The van der Waals surface area contributed by atoms with Crippen LogP contribution in [0.15, 0.2) is 6.07 Å². The van der Waals surface area contributed by atoms with E-state index in [0.29, 0.717) is 6.54 Å². The van der Waals surface area contributed by atoms with Crippen LogP contribution in [0.25, 0.3) is 0 Å². The van der Waals surface area contributed by atoms with Crippen molar-refractivity contribution in [1.29, 1.82) is 0 Å². The number of hydrogen-bond acceptors (Lipinski definition) is 2. The third kappa shape index (κ3) is 2.48. The Hall–Kier alpha value is -0.640. The molecule has 0 aliphatic carbocycles. The Morgan fingerprint density at radius 2 is 2.13 bits per heavy atom. The van der Waals surface area contributed by atoms with Crippen LogP contribution in [0.4, 0.5) is 4.39 Å². The fourth-order valence-corrected chi connectivity index (χ4v) is 1.82. The normalized spacial score (nSPS) is 12.9. The minimum Gasteiger partial charge on any atom is -0.387 e. The molecule has 0 saturated heterocycles. The molecule has 0 radical (unpaired) electrons. The first kappa shape index (κ1) is 12.4. The van der Waals surface area contributed by atoms with Crippen LogP contribution in [0.1, 0.15) is 22.8 Å². The zero-order valence-corrected chi connectivity index (χ0v) is 9.82. The van der Waals surface area contributed by atoms with Crippen LogP contribution in [-0.4, -0.2) is 18.7 Å². The summed E-state index contributed by atoms with van der Waals surface area (Å²) in [7, 11) is 1.70. The van der Waals surface area contributed by atoms with Gasteiger partial charge in [0.2, 0.25) is 0 Å². The van der Waals surface area contributed by atoms with Crippen molar-refractivity contribution in [3.8, 4) is 0 Å². The summed E-state index contributed by atoms with van der Waals surface area (Å²) in [5, 5.41) is 12.6. The van der Waals surface area contributed by atoms with E-state index in [1.54, 1.807) is 20.0 Å². The molecule has 0 spiro atoms. The molecule has 0 amide bonds. The van der Waals surface area contributed by atoms with Crippen molar-refractivity contribution in [2.24, 2.45) is 0 Å². The fourth-order valence-electron chi connectivity index (χ4n) is 1.56.